The van der Waals surface area contributed by atoms with E-state index in [1.165, 1.54) is 12.8 Å². The Bertz CT molecular complexity index is 349. The standard InChI is InChI=1S/C15H25NO/c1-5-11(3)9-13(6-2)16-14-7-8-15(17)12(4)10-14/h7-8,10-11,13,16-17H,5-6,9H2,1-4H3. The van der Waals surface area contributed by atoms with Gasteiger partial charge in [0.2, 0.25) is 0 Å². The Kier molecular flexibility index (Phi) is 5.33. The number of aryl methyl sites for hydroxylation is 1. The number of anilines is 1. The van der Waals surface area contributed by atoms with Crippen LogP contribution >= 0.6 is 0 Å². The molecule has 0 saturated carbocycles. The summed E-state index contributed by atoms with van der Waals surface area (Å²) < 4.78 is 0. The zero-order valence-corrected chi connectivity index (χ0v) is 11.5. The average molecular weight is 235 g/mol. The van der Waals surface area contributed by atoms with Gasteiger partial charge in [0.05, 0.1) is 0 Å². The predicted octanol–water partition coefficient (Wildman–Crippen LogP) is 4.33. The third kappa shape index (κ3) is 4.29. The van der Waals surface area contributed by atoms with Gasteiger partial charge in [0, 0.05) is 11.7 Å². The second-order valence-corrected chi connectivity index (χ2v) is 5.00. The smallest absolute Gasteiger partial charge is 0.118 e. The third-order valence-corrected chi connectivity index (χ3v) is 3.44. The molecule has 1 rings (SSSR count). The van der Waals surface area contributed by atoms with Gasteiger partial charge in [-0.25, -0.2) is 0 Å². The molecule has 0 aliphatic rings. The Morgan fingerprint density at radius 2 is 1.94 bits per heavy atom. The lowest BCUT2D eigenvalue weighted by atomic mass is 9.97. The molecule has 0 aliphatic carbocycles. The molecule has 2 unspecified atom stereocenters. The molecular weight excluding hydrogens is 210 g/mol. The molecule has 0 fully saturated rings. The van der Waals surface area contributed by atoms with Gasteiger partial charge >= 0.3 is 0 Å². The number of aromatic hydroxyl groups is 1. The molecule has 0 spiro atoms. The van der Waals surface area contributed by atoms with Crippen LogP contribution in [0.1, 0.15) is 45.6 Å². The van der Waals surface area contributed by atoms with Crippen molar-refractivity contribution in [2.24, 2.45) is 5.92 Å². The molecule has 2 heteroatoms. The molecule has 1 aromatic carbocycles. The summed E-state index contributed by atoms with van der Waals surface area (Å²) in [6.45, 7) is 8.68. The first kappa shape index (κ1) is 13.9. The molecule has 17 heavy (non-hydrogen) atoms. The second-order valence-electron chi connectivity index (χ2n) is 5.00. The van der Waals surface area contributed by atoms with E-state index >= 15 is 0 Å². The first-order chi connectivity index (χ1) is 8.06. The summed E-state index contributed by atoms with van der Waals surface area (Å²) >= 11 is 0. The highest BCUT2D eigenvalue weighted by atomic mass is 16.3. The van der Waals surface area contributed by atoms with Crippen LogP contribution in [-0.2, 0) is 0 Å². The van der Waals surface area contributed by atoms with Crippen molar-refractivity contribution in [3.05, 3.63) is 23.8 Å². The van der Waals surface area contributed by atoms with E-state index in [0.29, 0.717) is 11.8 Å². The van der Waals surface area contributed by atoms with Crippen molar-refractivity contribution in [2.75, 3.05) is 5.32 Å². The minimum atomic E-state index is 0.366. The summed E-state index contributed by atoms with van der Waals surface area (Å²) in [5.41, 5.74) is 2.03. The minimum absolute atomic E-state index is 0.366. The molecule has 2 atom stereocenters. The van der Waals surface area contributed by atoms with E-state index in [0.717, 1.165) is 23.6 Å². The van der Waals surface area contributed by atoms with Gasteiger partial charge in [0.1, 0.15) is 5.75 Å². The van der Waals surface area contributed by atoms with E-state index in [9.17, 15) is 5.11 Å². The summed E-state index contributed by atoms with van der Waals surface area (Å²) in [6, 6.07) is 6.23. The van der Waals surface area contributed by atoms with Gasteiger partial charge in [0.15, 0.2) is 0 Å². The maximum atomic E-state index is 9.49. The van der Waals surface area contributed by atoms with Crippen molar-refractivity contribution in [3.8, 4) is 5.75 Å². The highest BCUT2D eigenvalue weighted by molar-refractivity contribution is 5.50. The molecule has 2 nitrogen and oxygen atoms in total. The second kappa shape index (κ2) is 6.53. The minimum Gasteiger partial charge on any atom is -0.508 e. The number of hydrogen-bond donors (Lipinski definition) is 2. The summed E-state index contributed by atoms with van der Waals surface area (Å²) in [5, 5.41) is 13.0. The lowest BCUT2D eigenvalue weighted by Crippen LogP contribution is -2.21. The van der Waals surface area contributed by atoms with E-state index in [-0.39, 0.29) is 0 Å². The van der Waals surface area contributed by atoms with Crippen molar-refractivity contribution in [1.29, 1.82) is 0 Å². The number of phenolic OH excluding ortho intramolecular Hbond substituents is 1. The number of rotatable bonds is 6. The fourth-order valence-electron chi connectivity index (χ4n) is 1.96. The first-order valence-corrected chi connectivity index (χ1v) is 6.62. The van der Waals surface area contributed by atoms with Crippen LogP contribution in [0.25, 0.3) is 0 Å². The Morgan fingerprint density at radius 1 is 1.24 bits per heavy atom. The van der Waals surface area contributed by atoms with Crippen LogP contribution in [-0.4, -0.2) is 11.1 Å². The zero-order valence-electron chi connectivity index (χ0n) is 11.5. The molecule has 2 N–H and O–H groups in total. The van der Waals surface area contributed by atoms with Crippen LogP contribution in [0.2, 0.25) is 0 Å². The van der Waals surface area contributed by atoms with Crippen LogP contribution in [0.3, 0.4) is 0 Å². The highest BCUT2D eigenvalue weighted by Crippen LogP contribution is 2.22. The van der Waals surface area contributed by atoms with E-state index in [1.807, 2.05) is 19.1 Å². The quantitative estimate of drug-likeness (QED) is 0.719. The van der Waals surface area contributed by atoms with E-state index in [1.54, 1.807) is 6.07 Å². The lowest BCUT2D eigenvalue weighted by molar-refractivity contribution is 0.461. The molecule has 0 heterocycles. The Balaban J connectivity index is 2.63. The molecule has 0 aliphatic heterocycles. The largest absolute Gasteiger partial charge is 0.508 e. The fourth-order valence-corrected chi connectivity index (χ4v) is 1.96. The van der Waals surface area contributed by atoms with E-state index in [2.05, 4.69) is 26.1 Å². The van der Waals surface area contributed by atoms with Crippen molar-refractivity contribution in [1.82, 2.24) is 0 Å². The topological polar surface area (TPSA) is 32.3 Å². The van der Waals surface area contributed by atoms with Crippen molar-refractivity contribution in [3.63, 3.8) is 0 Å². The Labute approximate surface area is 105 Å². The van der Waals surface area contributed by atoms with Crippen LogP contribution in [0.5, 0.6) is 5.75 Å². The van der Waals surface area contributed by atoms with Crippen molar-refractivity contribution in [2.45, 2.75) is 53.0 Å². The summed E-state index contributed by atoms with van der Waals surface area (Å²) in [5.74, 6) is 1.12. The first-order valence-electron chi connectivity index (χ1n) is 6.62. The number of benzene rings is 1. The van der Waals surface area contributed by atoms with E-state index in [4.69, 9.17) is 0 Å². The monoisotopic (exact) mass is 235 g/mol. The Hall–Kier alpha value is -1.18. The molecule has 1 aromatic rings. The SMILES string of the molecule is CCC(C)CC(CC)Nc1ccc(O)c(C)c1. The van der Waals surface area contributed by atoms with Crippen molar-refractivity contribution < 1.29 is 5.11 Å². The molecule has 0 aromatic heterocycles. The number of nitrogens with one attached hydrogen (secondary N) is 1. The zero-order chi connectivity index (χ0) is 12.8. The van der Waals surface area contributed by atoms with Crippen LogP contribution in [0.15, 0.2) is 18.2 Å². The average Bonchev–Trinajstić information content (AvgIpc) is 2.32. The Morgan fingerprint density at radius 3 is 2.47 bits per heavy atom. The molecule has 0 bridgehead atoms. The van der Waals surface area contributed by atoms with Gasteiger partial charge < -0.3 is 10.4 Å². The van der Waals surface area contributed by atoms with Gasteiger partial charge in [-0.1, -0.05) is 27.2 Å². The number of phenols is 1. The molecule has 0 radical (unpaired) electrons. The molecular formula is C15H25NO. The van der Waals surface area contributed by atoms with Crippen LogP contribution < -0.4 is 5.32 Å². The summed E-state index contributed by atoms with van der Waals surface area (Å²) in [6.07, 6.45) is 3.56. The summed E-state index contributed by atoms with van der Waals surface area (Å²) in [7, 11) is 0. The molecule has 96 valence electrons. The van der Waals surface area contributed by atoms with E-state index < -0.39 is 0 Å². The normalized spacial score (nSPS) is 14.4. The molecule has 0 saturated heterocycles. The third-order valence-electron chi connectivity index (χ3n) is 3.44. The molecule has 0 amide bonds. The van der Waals surface area contributed by atoms with Crippen molar-refractivity contribution >= 4 is 5.69 Å². The van der Waals surface area contributed by atoms with Crippen LogP contribution in [0.4, 0.5) is 5.69 Å². The van der Waals surface area contributed by atoms with Crippen LogP contribution in [0, 0.1) is 12.8 Å². The fraction of sp³-hybridized carbons (Fsp3) is 0.600. The van der Waals surface area contributed by atoms with Gasteiger partial charge in [-0.15, -0.1) is 0 Å². The van der Waals surface area contributed by atoms with Gasteiger partial charge in [-0.05, 0) is 49.4 Å². The predicted molar refractivity (Wildman–Crippen MR) is 74.6 cm³/mol. The van der Waals surface area contributed by atoms with Gasteiger partial charge in [-0.2, -0.15) is 0 Å². The summed E-state index contributed by atoms with van der Waals surface area (Å²) in [4.78, 5) is 0. The maximum absolute atomic E-state index is 9.49. The maximum Gasteiger partial charge on any atom is 0.118 e. The highest BCUT2D eigenvalue weighted by Gasteiger charge is 2.10. The van der Waals surface area contributed by atoms with Gasteiger partial charge in [0.25, 0.3) is 0 Å². The number of hydrogen-bond acceptors (Lipinski definition) is 2. The lowest BCUT2D eigenvalue weighted by Gasteiger charge is -2.21. The van der Waals surface area contributed by atoms with Gasteiger partial charge in [-0.3, -0.25) is 0 Å².